The lowest BCUT2D eigenvalue weighted by atomic mass is 10.0. The van der Waals surface area contributed by atoms with E-state index < -0.39 is 6.04 Å². The predicted octanol–water partition coefficient (Wildman–Crippen LogP) is 4.21. The Morgan fingerprint density at radius 2 is 1.97 bits per heavy atom. The van der Waals surface area contributed by atoms with Crippen molar-refractivity contribution in [3.8, 4) is 0 Å². The number of thioether (sulfide) groups is 1. The van der Waals surface area contributed by atoms with Gasteiger partial charge >= 0.3 is 5.97 Å². The number of rotatable bonds is 8. The zero-order valence-corrected chi connectivity index (χ0v) is 18.2. The highest BCUT2D eigenvalue weighted by Crippen LogP contribution is 2.34. The molecule has 2 aromatic heterocycles. The number of thiophene rings is 1. The molecule has 0 saturated heterocycles. The lowest BCUT2D eigenvalue weighted by Crippen LogP contribution is -2.30. The largest absolute Gasteiger partial charge is 0.469 e. The Hall–Kier alpha value is -2.45. The Morgan fingerprint density at radius 1 is 1.21 bits per heavy atom. The number of carbonyl (C=O) groups excluding carboxylic acids is 2. The molecule has 3 aromatic rings. The molecule has 1 N–H and O–H groups in total. The maximum absolute atomic E-state index is 12.5. The van der Waals surface area contributed by atoms with E-state index in [1.807, 2.05) is 30.3 Å². The average molecular weight is 430 g/mol. The molecule has 0 aliphatic heterocycles. The smallest absolute Gasteiger partial charge is 0.307 e. The summed E-state index contributed by atoms with van der Waals surface area (Å²) in [6.45, 7) is 4.15. The first-order valence-electron chi connectivity index (χ1n) is 9.24. The van der Waals surface area contributed by atoms with Crippen molar-refractivity contribution in [3.63, 3.8) is 0 Å². The van der Waals surface area contributed by atoms with Gasteiger partial charge in [-0.15, -0.1) is 23.1 Å². The standard InChI is InChI=1S/C21H23N3O3S2/c1-13-14(2)29-21-19(13)20(22-12-23-21)28-10-9-17(25)24-16(11-18(26)27-3)15-7-5-4-6-8-15/h4-8,12,16H,9-11H2,1-3H3,(H,24,25). The van der Waals surface area contributed by atoms with Crippen LogP contribution in [0.5, 0.6) is 0 Å². The highest BCUT2D eigenvalue weighted by atomic mass is 32.2. The van der Waals surface area contributed by atoms with Gasteiger partial charge in [-0.1, -0.05) is 30.3 Å². The van der Waals surface area contributed by atoms with Crippen LogP contribution in [0.15, 0.2) is 41.7 Å². The third-order valence-electron chi connectivity index (χ3n) is 4.63. The van der Waals surface area contributed by atoms with Gasteiger partial charge in [0.1, 0.15) is 16.2 Å². The number of ether oxygens (including phenoxy) is 1. The van der Waals surface area contributed by atoms with Gasteiger partial charge in [-0.25, -0.2) is 9.97 Å². The first kappa shape index (κ1) is 21.3. The molecule has 2 heterocycles. The zero-order chi connectivity index (χ0) is 20.8. The molecular formula is C21H23N3O3S2. The van der Waals surface area contributed by atoms with E-state index in [4.69, 9.17) is 4.74 Å². The normalized spacial score (nSPS) is 12.0. The first-order chi connectivity index (χ1) is 14.0. The minimum absolute atomic E-state index is 0.0965. The topological polar surface area (TPSA) is 81.2 Å². The summed E-state index contributed by atoms with van der Waals surface area (Å²) >= 11 is 3.21. The second-order valence-electron chi connectivity index (χ2n) is 6.55. The van der Waals surface area contributed by atoms with E-state index >= 15 is 0 Å². The summed E-state index contributed by atoms with van der Waals surface area (Å²) in [6, 6.07) is 9.03. The van der Waals surface area contributed by atoms with Crippen LogP contribution in [0.25, 0.3) is 10.2 Å². The molecule has 0 spiro atoms. The number of hydrogen-bond acceptors (Lipinski definition) is 7. The summed E-state index contributed by atoms with van der Waals surface area (Å²) in [7, 11) is 1.35. The molecule has 0 fully saturated rings. The van der Waals surface area contributed by atoms with E-state index in [0.717, 1.165) is 20.8 Å². The molecule has 0 aliphatic carbocycles. The van der Waals surface area contributed by atoms with Gasteiger partial charge in [0.25, 0.3) is 0 Å². The Labute approximate surface area is 178 Å². The van der Waals surface area contributed by atoms with Crippen molar-refractivity contribution in [3.05, 3.63) is 52.7 Å². The Morgan fingerprint density at radius 3 is 2.69 bits per heavy atom. The SMILES string of the molecule is COC(=O)CC(NC(=O)CCSc1ncnc2sc(C)c(C)c12)c1ccccc1. The average Bonchev–Trinajstić information content (AvgIpc) is 3.02. The van der Waals surface area contributed by atoms with Crippen molar-refractivity contribution in [1.82, 2.24) is 15.3 Å². The van der Waals surface area contributed by atoms with Crippen LogP contribution in [0.1, 0.15) is 34.9 Å². The van der Waals surface area contributed by atoms with Gasteiger partial charge < -0.3 is 10.1 Å². The van der Waals surface area contributed by atoms with Crippen LogP contribution in [-0.2, 0) is 14.3 Å². The van der Waals surface area contributed by atoms with Crippen LogP contribution in [-0.4, -0.2) is 34.7 Å². The third kappa shape index (κ3) is 5.33. The van der Waals surface area contributed by atoms with Crippen LogP contribution in [0, 0.1) is 13.8 Å². The Balaban J connectivity index is 1.62. The Bertz CT molecular complexity index is 1010. The molecule has 0 saturated carbocycles. The van der Waals surface area contributed by atoms with E-state index in [9.17, 15) is 9.59 Å². The quantitative estimate of drug-likeness (QED) is 0.328. The van der Waals surface area contributed by atoms with Crippen LogP contribution in [0.2, 0.25) is 0 Å². The zero-order valence-electron chi connectivity index (χ0n) is 16.6. The molecule has 1 aromatic carbocycles. The van der Waals surface area contributed by atoms with Gasteiger partial charge in [0, 0.05) is 22.4 Å². The van der Waals surface area contributed by atoms with Crippen LogP contribution in [0.3, 0.4) is 0 Å². The van der Waals surface area contributed by atoms with Crippen LogP contribution >= 0.6 is 23.1 Å². The summed E-state index contributed by atoms with van der Waals surface area (Å²) < 4.78 is 4.77. The number of esters is 1. The third-order valence-corrected chi connectivity index (χ3v) is 6.74. The fourth-order valence-electron chi connectivity index (χ4n) is 2.95. The number of carbonyl (C=O) groups is 2. The molecule has 0 aliphatic rings. The van der Waals surface area contributed by atoms with E-state index in [0.29, 0.717) is 12.2 Å². The van der Waals surface area contributed by atoms with Gasteiger partial charge in [0.15, 0.2) is 0 Å². The molecule has 1 amide bonds. The molecule has 1 unspecified atom stereocenters. The van der Waals surface area contributed by atoms with E-state index in [1.165, 1.54) is 17.6 Å². The molecule has 0 radical (unpaired) electrons. The highest BCUT2D eigenvalue weighted by Gasteiger charge is 2.19. The maximum Gasteiger partial charge on any atom is 0.307 e. The van der Waals surface area contributed by atoms with E-state index in [1.54, 1.807) is 29.4 Å². The molecular weight excluding hydrogens is 406 g/mol. The molecule has 8 heteroatoms. The number of aryl methyl sites for hydroxylation is 2. The van der Waals surface area contributed by atoms with Gasteiger partial charge in [-0.2, -0.15) is 0 Å². The monoisotopic (exact) mass is 429 g/mol. The van der Waals surface area contributed by atoms with Crippen molar-refractivity contribution in [1.29, 1.82) is 0 Å². The summed E-state index contributed by atoms with van der Waals surface area (Å²) in [6.07, 6.45) is 1.99. The Kier molecular flexibility index (Phi) is 7.22. The van der Waals surface area contributed by atoms with Crippen LogP contribution in [0.4, 0.5) is 0 Å². The number of amides is 1. The minimum atomic E-state index is -0.409. The van der Waals surface area contributed by atoms with E-state index in [-0.39, 0.29) is 18.3 Å². The fourth-order valence-corrected chi connectivity index (χ4v) is 5.01. The van der Waals surface area contributed by atoms with Gasteiger partial charge in [0.2, 0.25) is 5.91 Å². The van der Waals surface area contributed by atoms with Crippen molar-refractivity contribution in [2.24, 2.45) is 0 Å². The van der Waals surface area contributed by atoms with Crippen molar-refractivity contribution in [2.75, 3.05) is 12.9 Å². The number of nitrogens with one attached hydrogen (secondary N) is 1. The van der Waals surface area contributed by atoms with Crippen molar-refractivity contribution < 1.29 is 14.3 Å². The summed E-state index contributed by atoms with van der Waals surface area (Å²) in [5, 5.41) is 4.93. The lowest BCUT2D eigenvalue weighted by Gasteiger charge is -2.18. The number of hydrogen-bond donors (Lipinski definition) is 1. The van der Waals surface area contributed by atoms with E-state index in [2.05, 4.69) is 29.1 Å². The maximum atomic E-state index is 12.5. The predicted molar refractivity (Wildman–Crippen MR) is 116 cm³/mol. The molecule has 29 heavy (non-hydrogen) atoms. The minimum Gasteiger partial charge on any atom is -0.469 e. The molecule has 3 rings (SSSR count). The summed E-state index contributed by atoms with van der Waals surface area (Å²) in [5.41, 5.74) is 2.07. The highest BCUT2D eigenvalue weighted by molar-refractivity contribution is 7.99. The van der Waals surface area contributed by atoms with Gasteiger partial charge in [0.05, 0.1) is 19.6 Å². The molecule has 152 valence electrons. The van der Waals surface area contributed by atoms with Crippen molar-refractivity contribution >= 4 is 45.2 Å². The van der Waals surface area contributed by atoms with Crippen LogP contribution < -0.4 is 5.32 Å². The fraction of sp³-hybridized carbons (Fsp3) is 0.333. The van der Waals surface area contributed by atoms with Gasteiger partial charge in [-0.3, -0.25) is 9.59 Å². The number of methoxy groups -OCH3 is 1. The number of nitrogens with zero attached hydrogens (tertiary/aromatic N) is 2. The first-order valence-corrected chi connectivity index (χ1v) is 11.0. The van der Waals surface area contributed by atoms with Gasteiger partial charge in [-0.05, 0) is 25.0 Å². The number of benzene rings is 1. The molecule has 6 nitrogen and oxygen atoms in total. The summed E-state index contributed by atoms with van der Waals surface area (Å²) in [4.78, 5) is 35.2. The second-order valence-corrected chi connectivity index (χ2v) is 8.84. The number of aromatic nitrogens is 2. The summed E-state index contributed by atoms with van der Waals surface area (Å²) in [5.74, 6) is 0.116. The molecule has 1 atom stereocenters. The lowest BCUT2D eigenvalue weighted by molar-refractivity contribution is -0.141. The number of fused-ring (bicyclic) bond motifs is 1. The molecule has 0 bridgehead atoms. The second kappa shape index (κ2) is 9.84. The van der Waals surface area contributed by atoms with Crippen molar-refractivity contribution in [2.45, 2.75) is 37.8 Å².